The number of fused-ring (bicyclic) bond motifs is 1. The van der Waals surface area contributed by atoms with E-state index in [1.807, 2.05) is 50.2 Å². The number of pyridine rings is 1. The number of anilines is 2. The van der Waals surface area contributed by atoms with Gasteiger partial charge in [0.2, 0.25) is 11.9 Å². The second kappa shape index (κ2) is 12.0. The third-order valence-corrected chi connectivity index (χ3v) is 8.54. The van der Waals surface area contributed by atoms with E-state index in [1.54, 1.807) is 18.1 Å². The van der Waals surface area contributed by atoms with Gasteiger partial charge >= 0.3 is 0 Å². The van der Waals surface area contributed by atoms with Crippen LogP contribution in [0.1, 0.15) is 36.2 Å². The van der Waals surface area contributed by atoms with E-state index in [2.05, 4.69) is 25.6 Å². The van der Waals surface area contributed by atoms with Crippen molar-refractivity contribution in [2.45, 2.75) is 51.5 Å². The topological polar surface area (TPSA) is 157 Å². The molecule has 41 heavy (non-hydrogen) atoms. The standard InChI is InChI=1S/C29H35N7O4S/c1-17-23(27-33-24-18(2)30-13-10-21(24)41-27)26(35-29(40)12-9-20(16-37)25(29)39)34-28(32-17)31-14-11-22(38)36(3)15-19-7-5-4-6-8-19/h4-8,10,13,20,25,37,39-40H,9,11-12,14-16H2,1-3H3,(H2,31,32,34,35). The number of benzene rings is 1. The van der Waals surface area contributed by atoms with Crippen molar-refractivity contribution in [3.63, 3.8) is 0 Å². The molecule has 3 unspecified atom stereocenters. The lowest BCUT2D eigenvalue weighted by atomic mass is 10.0. The van der Waals surface area contributed by atoms with Crippen LogP contribution in [0.3, 0.4) is 0 Å². The van der Waals surface area contributed by atoms with Crippen LogP contribution in [0.25, 0.3) is 20.8 Å². The molecule has 11 nitrogen and oxygen atoms in total. The maximum Gasteiger partial charge on any atom is 0.224 e. The van der Waals surface area contributed by atoms with Crippen molar-refractivity contribution in [3.05, 3.63) is 59.5 Å². The summed E-state index contributed by atoms with van der Waals surface area (Å²) < 4.78 is 0.957. The third kappa shape index (κ3) is 6.15. The molecule has 0 aliphatic heterocycles. The van der Waals surface area contributed by atoms with Gasteiger partial charge in [-0.25, -0.2) is 9.97 Å². The Kier molecular flexibility index (Phi) is 8.45. The van der Waals surface area contributed by atoms with Gasteiger partial charge in [-0.1, -0.05) is 30.3 Å². The number of rotatable bonds is 10. The fourth-order valence-electron chi connectivity index (χ4n) is 5.14. The minimum Gasteiger partial charge on any atom is -0.396 e. The zero-order chi connectivity index (χ0) is 29.1. The molecule has 1 amide bonds. The van der Waals surface area contributed by atoms with Gasteiger partial charge in [-0.05, 0) is 38.3 Å². The summed E-state index contributed by atoms with van der Waals surface area (Å²) in [6.45, 7) is 4.32. The first-order valence-electron chi connectivity index (χ1n) is 13.6. The Hall–Kier alpha value is -3.71. The predicted octanol–water partition coefficient (Wildman–Crippen LogP) is 3.09. The van der Waals surface area contributed by atoms with Gasteiger partial charge in [-0.3, -0.25) is 9.78 Å². The molecule has 3 aromatic heterocycles. The Balaban J connectivity index is 1.39. The quantitative estimate of drug-likeness (QED) is 0.178. The van der Waals surface area contributed by atoms with Crippen LogP contribution in [0.5, 0.6) is 0 Å². The predicted molar refractivity (Wildman–Crippen MR) is 158 cm³/mol. The van der Waals surface area contributed by atoms with E-state index in [9.17, 15) is 20.1 Å². The van der Waals surface area contributed by atoms with E-state index in [1.165, 1.54) is 11.3 Å². The van der Waals surface area contributed by atoms with Gasteiger partial charge < -0.3 is 30.9 Å². The number of aliphatic hydroxyl groups is 3. The molecule has 0 spiro atoms. The molecule has 0 bridgehead atoms. The van der Waals surface area contributed by atoms with E-state index in [-0.39, 0.29) is 31.3 Å². The van der Waals surface area contributed by atoms with E-state index < -0.39 is 17.7 Å². The maximum atomic E-state index is 12.7. The number of hydrogen-bond acceptors (Lipinski definition) is 11. The summed E-state index contributed by atoms with van der Waals surface area (Å²) in [6.07, 6.45) is 1.47. The molecular formula is C29H35N7O4S. The van der Waals surface area contributed by atoms with Crippen molar-refractivity contribution < 1.29 is 20.1 Å². The Morgan fingerprint density at radius 2 is 1.93 bits per heavy atom. The molecule has 0 radical (unpaired) electrons. The highest BCUT2D eigenvalue weighted by Gasteiger charge is 2.47. The van der Waals surface area contributed by atoms with Crippen LogP contribution in [-0.4, -0.2) is 78.1 Å². The highest BCUT2D eigenvalue weighted by molar-refractivity contribution is 7.21. The van der Waals surface area contributed by atoms with Crippen LogP contribution >= 0.6 is 11.3 Å². The number of aliphatic hydroxyl groups excluding tert-OH is 2. The lowest BCUT2D eigenvalue weighted by molar-refractivity contribution is -0.130. The van der Waals surface area contributed by atoms with E-state index in [0.29, 0.717) is 41.6 Å². The van der Waals surface area contributed by atoms with Crippen molar-refractivity contribution in [1.82, 2.24) is 24.8 Å². The van der Waals surface area contributed by atoms with Gasteiger partial charge in [0, 0.05) is 45.3 Å². The summed E-state index contributed by atoms with van der Waals surface area (Å²) in [6, 6.07) is 11.7. The molecule has 5 N–H and O–H groups in total. The minimum absolute atomic E-state index is 0.0232. The summed E-state index contributed by atoms with van der Waals surface area (Å²) >= 11 is 1.46. The molecule has 3 atom stereocenters. The number of nitrogens with one attached hydrogen (secondary N) is 2. The Morgan fingerprint density at radius 1 is 1.15 bits per heavy atom. The number of aryl methyl sites for hydroxylation is 2. The maximum absolute atomic E-state index is 12.7. The molecule has 216 valence electrons. The number of carbonyl (C=O) groups is 1. The highest BCUT2D eigenvalue weighted by atomic mass is 32.1. The van der Waals surface area contributed by atoms with Gasteiger partial charge in [0.05, 0.1) is 21.7 Å². The van der Waals surface area contributed by atoms with E-state index >= 15 is 0 Å². The first-order valence-corrected chi connectivity index (χ1v) is 14.4. The van der Waals surface area contributed by atoms with Crippen molar-refractivity contribution in [1.29, 1.82) is 0 Å². The first-order chi connectivity index (χ1) is 19.7. The SMILES string of the molecule is Cc1nc(NCCC(=O)N(C)Cc2ccccc2)nc(NC2(O)CCC(CO)C2O)c1-c1nc2c(C)nccc2s1. The summed E-state index contributed by atoms with van der Waals surface area (Å²) in [5.41, 5.74) is 2.15. The number of hydrogen-bond donors (Lipinski definition) is 5. The number of carbonyl (C=O) groups excluding carboxylic acids is 1. The lowest BCUT2D eigenvalue weighted by Gasteiger charge is -2.31. The van der Waals surface area contributed by atoms with Gasteiger partial charge in [0.25, 0.3) is 0 Å². The molecule has 1 aliphatic carbocycles. The summed E-state index contributed by atoms with van der Waals surface area (Å²) in [5.74, 6) is 0.106. The van der Waals surface area contributed by atoms with Crippen molar-refractivity contribution in [3.8, 4) is 10.6 Å². The van der Waals surface area contributed by atoms with Crippen LogP contribution in [0, 0.1) is 19.8 Å². The highest BCUT2D eigenvalue weighted by Crippen LogP contribution is 2.40. The van der Waals surface area contributed by atoms with Crippen LogP contribution in [0.15, 0.2) is 42.6 Å². The molecule has 4 aromatic rings. The summed E-state index contributed by atoms with van der Waals surface area (Å²) in [4.78, 5) is 32.9. The molecule has 0 saturated heterocycles. The second-order valence-electron chi connectivity index (χ2n) is 10.5. The van der Waals surface area contributed by atoms with Crippen LogP contribution in [0.4, 0.5) is 11.8 Å². The zero-order valence-corrected chi connectivity index (χ0v) is 24.1. The van der Waals surface area contributed by atoms with Crippen LogP contribution in [-0.2, 0) is 11.3 Å². The minimum atomic E-state index is -1.69. The summed E-state index contributed by atoms with van der Waals surface area (Å²) in [7, 11) is 1.77. The monoisotopic (exact) mass is 577 g/mol. The Bertz CT molecular complexity index is 1530. The second-order valence-corrected chi connectivity index (χ2v) is 11.5. The van der Waals surface area contributed by atoms with Crippen LogP contribution in [0.2, 0.25) is 0 Å². The molecular weight excluding hydrogens is 542 g/mol. The normalized spacial score (nSPS) is 20.3. The van der Waals surface area contributed by atoms with E-state index in [0.717, 1.165) is 21.5 Å². The van der Waals surface area contributed by atoms with Crippen LogP contribution < -0.4 is 10.6 Å². The number of thiazole rings is 1. The van der Waals surface area contributed by atoms with Gasteiger partial charge in [0.15, 0.2) is 5.72 Å². The van der Waals surface area contributed by atoms with Gasteiger partial charge in [-0.2, -0.15) is 4.98 Å². The molecule has 1 fully saturated rings. The number of aromatic nitrogens is 4. The average molecular weight is 578 g/mol. The molecule has 1 aromatic carbocycles. The van der Waals surface area contributed by atoms with E-state index in [4.69, 9.17) is 4.98 Å². The largest absolute Gasteiger partial charge is 0.396 e. The van der Waals surface area contributed by atoms with Gasteiger partial charge in [-0.15, -0.1) is 11.3 Å². The molecule has 1 saturated carbocycles. The fourth-order valence-corrected chi connectivity index (χ4v) is 6.25. The Morgan fingerprint density at radius 3 is 2.63 bits per heavy atom. The third-order valence-electron chi connectivity index (χ3n) is 7.51. The molecule has 3 heterocycles. The zero-order valence-electron chi connectivity index (χ0n) is 23.3. The summed E-state index contributed by atoms with van der Waals surface area (Å²) in [5, 5.41) is 38.6. The fraction of sp³-hybridized carbons (Fsp3) is 0.414. The Labute approximate surface area is 242 Å². The molecule has 5 rings (SSSR count). The average Bonchev–Trinajstić information content (AvgIpc) is 3.50. The first kappa shape index (κ1) is 28.8. The number of nitrogens with zero attached hydrogens (tertiary/aromatic N) is 5. The van der Waals surface area contributed by atoms with Gasteiger partial charge in [0.1, 0.15) is 22.4 Å². The molecule has 1 aliphatic rings. The smallest absolute Gasteiger partial charge is 0.224 e. The number of amides is 1. The van der Waals surface area contributed by atoms with Crippen molar-refractivity contribution in [2.24, 2.45) is 5.92 Å². The lowest BCUT2D eigenvalue weighted by Crippen LogP contribution is -2.48. The van der Waals surface area contributed by atoms with Crippen molar-refractivity contribution in [2.75, 3.05) is 30.8 Å². The van der Waals surface area contributed by atoms with Crippen molar-refractivity contribution >= 4 is 39.2 Å². The molecule has 12 heteroatoms.